The van der Waals surface area contributed by atoms with E-state index in [1.165, 1.54) is 12.1 Å². The molecule has 0 amide bonds. The van der Waals surface area contributed by atoms with Crippen LogP contribution in [0.25, 0.3) is 0 Å². The summed E-state index contributed by atoms with van der Waals surface area (Å²) in [5.74, 6) is -0.256. The maximum absolute atomic E-state index is 13.2. The maximum Gasteiger partial charge on any atom is 0.123 e. The first-order valence-corrected chi connectivity index (χ1v) is 5.74. The Morgan fingerprint density at radius 2 is 2.06 bits per heavy atom. The molecule has 0 saturated carbocycles. The third kappa shape index (κ3) is 3.41. The summed E-state index contributed by atoms with van der Waals surface area (Å²) in [5, 5.41) is 0. The van der Waals surface area contributed by atoms with Crippen LogP contribution in [0.15, 0.2) is 18.2 Å². The molecule has 0 heterocycles. The largest absolute Gasteiger partial charge is 0.383 e. The molecule has 1 rings (SSSR count). The standard InChI is InChI=1S/C13H21FN2O/c1-9(8-17-4)16(3)13-6-5-11(14)7-12(13)10(2)15/h5-7,9-10H,8,15H2,1-4H3/t9?,10-/m0/s1. The van der Waals surface area contributed by atoms with E-state index in [9.17, 15) is 4.39 Å². The molecule has 0 aliphatic carbocycles. The van der Waals surface area contributed by atoms with Crippen molar-refractivity contribution in [3.8, 4) is 0 Å². The normalized spacial score (nSPS) is 14.5. The van der Waals surface area contributed by atoms with Gasteiger partial charge in [0.05, 0.1) is 6.61 Å². The molecule has 0 fully saturated rings. The number of nitrogens with two attached hydrogens (primary N) is 1. The first kappa shape index (κ1) is 13.9. The molecule has 0 saturated heterocycles. The number of benzene rings is 1. The zero-order valence-electron chi connectivity index (χ0n) is 10.9. The number of rotatable bonds is 5. The van der Waals surface area contributed by atoms with Crippen molar-refractivity contribution < 1.29 is 9.13 Å². The fourth-order valence-electron chi connectivity index (χ4n) is 1.80. The van der Waals surface area contributed by atoms with E-state index in [4.69, 9.17) is 10.5 Å². The van der Waals surface area contributed by atoms with Crippen molar-refractivity contribution in [1.82, 2.24) is 0 Å². The first-order valence-electron chi connectivity index (χ1n) is 5.74. The molecule has 1 aromatic rings. The minimum atomic E-state index is -0.256. The summed E-state index contributed by atoms with van der Waals surface area (Å²) in [5.41, 5.74) is 7.64. The summed E-state index contributed by atoms with van der Waals surface area (Å²) in [6.45, 7) is 4.52. The molecule has 0 bridgehead atoms. The van der Waals surface area contributed by atoms with Gasteiger partial charge in [-0.1, -0.05) is 0 Å². The van der Waals surface area contributed by atoms with Crippen LogP contribution in [0, 0.1) is 5.82 Å². The molecular formula is C13H21FN2O. The van der Waals surface area contributed by atoms with E-state index in [-0.39, 0.29) is 17.9 Å². The van der Waals surface area contributed by atoms with Crippen LogP contribution in [0.4, 0.5) is 10.1 Å². The number of nitrogens with zero attached hydrogens (tertiary/aromatic N) is 1. The Hall–Kier alpha value is -1.13. The van der Waals surface area contributed by atoms with Crippen molar-refractivity contribution >= 4 is 5.69 Å². The van der Waals surface area contributed by atoms with Crippen LogP contribution in [-0.2, 0) is 4.74 Å². The third-order valence-corrected chi connectivity index (χ3v) is 2.93. The topological polar surface area (TPSA) is 38.5 Å². The number of ether oxygens (including phenoxy) is 1. The van der Waals surface area contributed by atoms with Crippen LogP contribution in [0.3, 0.4) is 0 Å². The average molecular weight is 240 g/mol. The summed E-state index contributed by atoms with van der Waals surface area (Å²) in [4.78, 5) is 2.06. The van der Waals surface area contributed by atoms with Gasteiger partial charge in [0, 0.05) is 31.9 Å². The van der Waals surface area contributed by atoms with Crippen molar-refractivity contribution in [3.05, 3.63) is 29.6 Å². The minimum Gasteiger partial charge on any atom is -0.383 e. The minimum absolute atomic E-state index is 0.196. The molecule has 0 spiro atoms. The maximum atomic E-state index is 13.2. The van der Waals surface area contributed by atoms with E-state index in [1.807, 2.05) is 14.0 Å². The average Bonchev–Trinajstić information content (AvgIpc) is 2.28. The lowest BCUT2D eigenvalue weighted by Gasteiger charge is -2.29. The Morgan fingerprint density at radius 1 is 1.41 bits per heavy atom. The van der Waals surface area contributed by atoms with Crippen LogP contribution in [0.5, 0.6) is 0 Å². The predicted molar refractivity (Wildman–Crippen MR) is 68.7 cm³/mol. The van der Waals surface area contributed by atoms with Crippen molar-refractivity contribution in [2.45, 2.75) is 25.9 Å². The molecule has 0 aliphatic heterocycles. The highest BCUT2D eigenvalue weighted by molar-refractivity contribution is 5.55. The molecule has 96 valence electrons. The Balaban J connectivity index is 3.03. The quantitative estimate of drug-likeness (QED) is 0.858. The van der Waals surface area contributed by atoms with Gasteiger partial charge in [-0.25, -0.2) is 4.39 Å². The number of methoxy groups -OCH3 is 1. The fraction of sp³-hybridized carbons (Fsp3) is 0.538. The fourth-order valence-corrected chi connectivity index (χ4v) is 1.80. The molecule has 3 nitrogen and oxygen atoms in total. The molecule has 2 N–H and O–H groups in total. The van der Waals surface area contributed by atoms with Crippen LogP contribution in [-0.4, -0.2) is 26.8 Å². The van der Waals surface area contributed by atoms with Gasteiger partial charge in [0.2, 0.25) is 0 Å². The molecule has 1 unspecified atom stereocenters. The summed E-state index contributed by atoms with van der Waals surface area (Å²) < 4.78 is 18.3. The van der Waals surface area contributed by atoms with Gasteiger partial charge in [0.15, 0.2) is 0 Å². The number of likely N-dealkylation sites (N-methyl/N-ethyl adjacent to an activating group) is 1. The van der Waals surface area contributed by atoms with Crippen LogP contribution < -0.4 is 10.6 Å². The van der Waals surface area contributed by atoms with E-state index in [2.05, 4.69) is 11.8 Å². The van der Waals surface area contributed by atoms with Gasteiger partial charge in [-0.15, -0.1) is 0 Å². The molecule has 2 atom stereocenters. The molecule has 0 radical (unpaired) electrons. The first-order chi connectivity index (χ1) is 7.97. The molecule has 0 aromatic heterocycles. The lowest BCUT2D eigenvalue weighted by atomic mass is 10.0. The van der Waals surface area contributed by atoms with E-state index in [1.54, 1.807) is 13.2 Å². The smallest absolute Gasteiger partial charge is 0.123 e. The summed E-state index contributed by atoms with van der Waals surface area (Å²) in [6.07, 6.45) is 0. The summed E-state index contributed by atoms with van der Waals surface area (Å²) >= 11 is 0. The zero-order valence-corrected chi connectivity index (χ0v) is 10.9. The van der Waals surface area contributed by atoms with Gasteiger partial charge in [0.1, 0.15) is 5.82 Å². The van der Waals surface area contributed by atoms with Crippen molar-refractivity contribution in [1.29, 1.82) is 0 Å². The molecule has 1 aromatic carbocycles. The van der Waals surface area contributed by atoms with Gasteiger partial charge in [0.25, 0.3) is 0 Å². The molecular weight excluding hydrogens is 219 g/mol. The van der Waals surface area contributed by atoms with Gasteiger partial charge in [-0.3, -0.25) is 0 Å². The Morgan fingerprint density at radius 3 is 2.59 bits per heavy atom. The Kier molecular flexibility index (Phi) is 4.90. The van der Waals surface area contributed by atoms with Crippen molar-refractivity contribution in [2.75, 3.05) is 25.7 Å². The van der Waals surface area contributed by atoms with Gasteiger partial charge in [-0.05, 0) is 37.6 Å². The Labute approximate surface area is 102 Å². The second-order valence-electron chi connectivity index (χ2n) is 4.41. The second kappa shape index (κ2) is 5.98. The lowest BCUT2D eigenvalue weighted by Crippen LogP contribution is -2.33. The highest BCUT2D eigenvalue weighted by Crippen LogP contribution is 2.26. The molecule has 4 heteroatoms. The number of anilines is 1. The summed E-state index contributed by atoms with van der Waals surface area (Å²) in [7, 11) is 3.63. The zero-order chi connectivity index (χ0) is 13.0. The van der Waals surface area contributed by atoms with Gasteiger partial charge >= 0.3 is 0 Å². The van der Waals surface area contributed by atoms with Crippen LogP contribution in [0.1, 0.15) is 25.5 Å². The Bertz CT molecular complexity index is 368. The number of hydrogen-bond acceptors (Lipinski definition) is 3. The predicted octanol–water partition coefficient (Wildman–Crippen LogP) is 2.32. The number of halogens is 1. The highest BCUT2D eigenvalue weighted by atomic mass is 19.1. The monoisotopic (exact) mass is 240 g/mol. The van der Waals surface area contributed by atoms with Crippen molar-refractivity contribution in [2.24, 2.45) is 5.73 Å². The van der Waals surface area contributed by atoms with E-state index < -0.39 is 0 Å². The highest BCUT2D eigenvalue weighted by Gasteiger charge is 2.16. The van der Waals surface area contributed by atoms with E-state index >= 15 is 0 Å². The van der Waals surface area contributed by atoms with E-state index in [0.717, 1.165) is 11.3 Å². The van der Waals surface area contributed by atoms with Gasteiger partial charge in [-0.2, -0.15) is 0 Å². The SMILES string of the molecule is COCC(C)N(C)c1ccc(F)cc1[C@H](C)N. The lowest BCUT2D eigenvalue weighted by molar-refractivity contribution is 0.183. The molecule has 17 heavy (non-hydrogen) atoms. The van der Waals surface area contributed by atoms with Gasteiger partial charge < -0.3 is 15.4 Å². The number of hydrogen-bond donors (Lipinski definition) is 1. The van der Waals surface area contributed by atoms with Crippen LogP contribution >= 0.6 is 0 Å². The summed E-state index contributed by atoms with van der Waals surface area (Å²) in [6, 6.07) is 4.73. The molecule has 0 aliphatic rings. The van der Waals surface area contributed by atoms with Crippen LogP contribution in [0.2, 0.25) is 0 Å². The van der Waals surface area contributed by atoms with E-state index in [0.29, 0.717) is 6.61 Å². The third-order valence-electron chi connectivity index (χ3n) is 2.93. The van der Waals surface area contributed by atoms with Crippen molar-refractivity contribution in [3.63, 3.8) is 0 Å². The second-order valence-corrected chi connectivity index (χ2v) is 4.41.